The molecule has 94 valence electrons. The Bertz CT molecular complexity index is 536. The Morgan fingerprint density at radius 3 is 2.94 bits per heavy atom. The van der Waals surface area contributed by atoms with Gasteiger partial charge in [0.05, 0.1) is 6.61 Å². The average Bonchev–Trinajstić information content (AvgIpc) is 2.90. The summed E-state index contributed by atoms with van der Waals surface area (Å²) >= 11 is 0. The molecule has 0 aliphatic carbocycles. The van der Waals surface area contributed by atoms with Gasteiger partial charge in [-0.25, -0.2) is 9.97 Å². The maximum Gasteiger partial charge on any atom is 0.280 e. The van der Waals surface area contributed by atoms with Crippen LogP contribution in [0.4, 0.5) is 5.82 Å². The van der Waals surface area contributed by atoms with E-state index < -0.39 is 0 Å². The zero-order valence-electron chi connectivity index (χ0n) is 9.74. The Hall–Kier alpha value is -2.02. The van der Waals surface area contributed by atoms with Crippen molar-refractivity contribution in [1.82, 2.24) is 20.1 Å². The van der Waals surface area contributed by atoms with Crippen LogP contribution in [0.2, 0.25) is 0 Å². The summed E-state index contributed by atoms with van der Waals surface area (Å²) in [6, 6.07) is 0. The predicted molar refractivity (Wildman–Crippen MR) is 62.5 cm³/mol. The van der Waals surface area contributed by atoms with Crippen LogP contribution in [-0.2, 0) is 4.74 Å². The summed E-state index contributed by atoms with van der Waals surface area (Å²) in [5, 5.41) is 3.97. The zero-order valence-corrected chi connectivity index (χ0v) is 9.74. The standard InChI is InChI=1S/C11H13N5O2/c12-9-8(13-3-4-14-9)11-15-10(16-18-11)7-2-1-5-17-6-7/h3-4,7H,1-2,5-6H2,(H2,12,14). The highest BCUT2D eigenvalue weighted by molar-refractivity contribution is 5.61. The molecule has 1 aliphatic rings. The van der Waals surface area contributed by atoms with E-state index in [1.165, 1.54) is 6.20 Å². The summed E-state index contributed by atoms with van der Waals surface area (Å²) in [5.74, 6) is 1.43. The number of anilines is 1. The third-order valence-electron chi connectivity index (χ3n) is 2.90. The number of hydrogen-bond acceptors (Lipinski definition) is 7. The lowest BCUT2D eigenvalue weighted by Crippen LogP contribution is -2.16. The minimum Gasteiger partial charge on any atom is -0.382 e. The first-order valence-corrected chi connectivity index (χ1v) is 5.83. The maximum atomic E-state index is 5.71. The molecule has 7 nitrogen and oxygen atoms in total. The van der Waals surface area contributed by atoms with Gasteiger partial charge in [-0.15, -0.1) is 0 Å². The molecule has 7 heteroatoms. The third kappa shape index (κ3) is 2.04. The topological polar surface area (TPSA) is 100.0 Å². The van der Waals surface area contributed by atoms with Gasteiger partial charge in [-0.3, -0.25) is 0 Å². The molecule has 18 heavy (non-hydrogen) atoms. The van der Waals surface area contributed by atoms with Crippen LogP contribution < -0.4 is 5.73 Å². The van der Waals surface area contributed by atoms with Crippen molar-refractivity contribution in [2.45, 2.75) is 18.8 Å². The van der Waals surface area contributed by atoms with E-state index >= 15 is 0 Å². The first-order chi connectivity index (χ1) is 8.84. The molecule has 0 bridgehead atoms. The number of aromatic nitrogens is 4. The first kappa shape index (κ1) is 11.1. The molecule has 1 atom stereocenters. The molecule has 1 fully saturated rings. The molecule has 2 aromatic heterocycles. The van der Waals surface area contributed by atoms with E-state index in [-0.39, 0.29) is 11.7 Å². The minimum absolute atomic E-state index is 0.189. The molecule has 3 heterocycles. The summed E-state index contributed by atoms with van der Waals surface area (Å²) in [7, 11) is 0. The summed E-state index contributed by atoms with van der Waals surface area (Å²) in [4.78, 5) is 12.4. The average molecular weight is 247 g/mol. The second kappa shape index (κ2) is 4.69. The van der Waals surface area contributed by atoms with Gasteiger partial charge in [0.25, 0.3) is 5.89 Å². The van der Waals surface area contributed by atoms with Crippen molar-refractivity contribution in [2.24, 2.45) is 0 Å². The van der Waals surface area contributed by atoms with Gasteiger partial charge in [0.2, 0.25) is 0 Å². The molecule has 1 aliphatic heterocycles. The fourth-order valence-electron chi connectivity index (χ4n) is 1.95. The number of ether oxygens (including phenoxy) is 1. The zero-order chi connectivity index (χ0) is 12.4. The second-order valence-electron chi connectivity index (χ2n) is 4.16. The minimum atomic E-state index is 0.189. The molecule has 0 radical (unpaired) electrons. The molecule has 0 saturated carbocycles. The normalized spacial score (nSPS) is 19.9. The Labute approximate surface area is 103 Å². The van der Waals surface area contributed by atoms with Crippen LogP contribution >= 0.6 is 0 Å². The fourth-order valence-corrected chi connectivity index (χ4v) is 1.95. The summed E-state index contributed by atoms with van der Waals surface area (Å²) in [6.45, 7) is 1.44. The lowest BCUT2D eigenvalue weighted by molar-refractivity contribution is 0.0773. The highest BCUT2D eigenvalue weighted by Crippen LogP contribution is 2.26. The van der Waals surface area contributed by atoms with Gasteiger partial charge in [-0.1, -0.05) is 5.16 Å². The Balaban J connectivity index is 1.87. The molecule has 2 aromatic rings. The van der Waals surface area contributed by atoms with E-state index in [4.69, 9.17) is 15.0 Å². The SMILES string of the molecule is Nc1nccnc1-c1nc(C2CCCOC2)no1. The van der Waals surface area contributed by atoms with Crippen molar-refractivity contribution in [2.75, 3.05) is 18.9 Å². The fraction of sp³-hybridized carbons (Fsp3) is 0.455. The second-order valence-corrected chi connectivity index (χ2v) is 4.16. The lowest BCUT2D eigenvalue weighted by Gasteiger charge is -2.18. The summed E-state index contributed by atoms with van der Waals surface area (Å²) in [6.07, 6.45) is 5.08. The van der Waals surface area contributed by atoms with Crippen LogP contribution in [0, 0.1) is 0 Å². The third-order valence-corrected chi connectivity index (χ3v) is 2.90. The Morgan fingerprint density at radius 2 is 2.17 bits per heavy atom. The van der Waals surface area contributed by atoms with Crippen molar-refractivity contribution < 1.29 is 9.26 Å². The largest absolute Gasteiger partial charge is 0.382 e. The number of nitrogen functional groups attached to an aromatic ring is 1. The molecule has 0 spiro atoms. The van der Waals surface area contributed by atoms with Gasteiger partial charge in [0.15, 0.2) is 17.3 Å². The summed E-state index contributed by atoms with van der Waals surface area (Å²) < 4.78 is 10.6. The maximum absolute atomic E-state index is 5.71. The molecule has 1 saturated heterocycles. The molecule has 0 amide bonds. The lowest BCUT2D eigenvalue weighted by atomic mass is 10.0. The Kier molecular flexibility index (Phi) is 2.89. The number of nitrogens with two attached hydrogens (primary N) is 1. The van der Waals surface area contributed by atoms with Crippen LogP contribution in [0.25, 0.3) is 11.6 Å². The van der Waals surface area contributed by atoms with Crippen molar-refractivity contribution in [3.05, 3.63) is 18.2 Å². The highest BCUT2D eigenvalue weighted by atomic mass is 16.5. The van der Waals surface area contributed by atoms with Gasteiger partial charge >= 0.3 is 0 Å². The van der Waals surface area contributed by atoms with Crippen molar-refractivity contribution >= 4 is 5.82 Å². The number of nitrogens with zero attached hydrogens (tertiary/aromatic N) is 4. The molecular formula is C11H13N5O2. The quantitative estimate of drug-likeness (QED) is 0.844. The monoisotopic (exact) mass is 247 g/mol. The van der Waals surface area contributed by atoms with Gasteiger partial charge in [-0.2, -0.15) is 4.98 Å². The molecule has 1 unspecified atom stereocenters. The van der Waals surface area contributed by atoms with Crippen LogP contribution in [0.5, 0.6) is 0 Å². The van der Waals surface area contributed by atoms with Gasteiger partial charge in [-0.05, 0) is 12.8 Å². The smallest absolute Gasteiger partial charge is 0.280 e. The van der Waals surface area contributed by atoms with E-state index in [2.05, 4.69) is 20.1 Å². The molecule has 0 aromatic carbocycles. The van der Waals surface area contributed by atoms with E-state index in [1.54, 1.807) is 6.20 Å². The summed E-state index contributed by atoms with van der Waals surface area (Å²) in [5.41, 5.74) is 6.14. The highest BCUT2D eigenvalue weighted by Gasteiger charge is 2.23. The molecular weight excluding hydrogens is 234 g/mol. The molecule has 2 N–H and O–H groups in total. The van der Waals surface area contributed by atoms with E-state index in [0.717, 1.165) is 19.4 Å². The van der Waals surface area contributed by atoms with Crippen LogP contribution in [0.1, 0.15) is 24.6 Å². The van der Waals surface area contributed by atoms with E-state index in [9.17, 15) is 0 Å². The van der Waals surface area contributed by atoms with Crippen molar-refractivity contribution in [3.8, 4) is 11.6 Å². The predicted octanol–water partition coefficient (Wildman–Crippen LogP) is 1.00. The van der Waals surface area contributed by atoms with E-state index in [0.29, 0.717) is 24.0 Å². The first-order valence-electron chi connectivity index (χ1n) is 5.83. The van der Waals surface area contributed by atoms with Crippen molar-refractivity contribution in [3.63, 3.8) is 0 Å². The number of hydrogen-bond donors (Lipinski definition) is 1. The number of rotatable bonds is 2. The van der Waals surface area contributed by atoms with Gasteiger partial charge in [0.1, 0.15) is 0 Å². The van der Waals surface area contributed by atoms with Crippen LogP contribution in [0.15, 0.2) is 16.9 Å². The van der Waals surface area contributed by atoms with Crippen LogP contribution in [-0.4, -0.2) is 33.3 Å². The molecule has 3 rings (SSSR count). The van der Waals surface area contributed by atoms with Gasteiger partial charge in [0, 0.05) is 24.9 Å². The van der Waals surface area contributed by atoms with E-state index in [1.807, 2.05) is 0 Å². The van der Waals surface area contributed by atoms with Crippen LogP contribution in [0.3, 0.4) is 0 Å². The Morgan fingerprint density at radius 1 is 1.28 bits per heavy atom. The van der Waals surface area contributed by atoms with Crippen molar-refractivity contribution in [1.29, 1.82) is 0 Å². The van der Waals surface area contributed by atoms with Gasteiger partial charge < -0.3 is 15.0 Å².